The van der Waals surface area contributed by atoms with Crippen LogP contribution < -0.4 is 5.32 Å². The normalized spacial score (nSPS) is 13.9. The molecule has 8 nitrogen and oxygen atoms in total. The van der Waals surface area contributed by atoms with Gasteiger partial charge in [-0.05, 0) is 53.6 Å². The molecule has 1 aromatic carbocycles. The molecule has 0 radical (unpaired) electrons. The summed E-state index contributed by atoms with van der Waals surface area (Å²) in [4.78, 5) is 12.2. The Morgan fingerprint density at radius 2 is 2.13 bits per heavy atom. The Balaban J connectivity index is 1.38. The molecule has 23 heavy (non-hydrogen) atoms. The number of H-pyrrole nitrogens is 1. The van der Waals surface area contributed by atoms with Crippen LogP contribution in [0.5, 0.6) is 0 Å². The number of carbonyl (C=O) groups excluding carboxylic acids is 1. The Kier molecular flexibility index (Phi) is 3.34. The second kappa shape index (κ2) is 5.64. The topological polar surface area (TPSA) is 101 Å². The fraction of sp³-hybridized carbons (Fsp3) is 0.267. The molecule has 8 heteroatoms. The fourth-order valence-corrected chi connectivity index (χ4v) is 2.38. The van der Waals surface area contributed by atoms with Crippen molar-refractivity contribution < 1.29 is 4.79 Å². The number of nitrogens with one attached hydrogen (secondary N) is 2. The Bertz CT molecular complexity index is 803. The summed E-state index contributed by atoms with van der Waals surface area (Å²) >= 11 is 0. The lowest BCUT2D eigenvalue weighted by atomic mass is 10.2. The monoisotopic (exact) mass is 309 g/mol. The number of hydrogen-bond acceptors (Lipinski definition) is 5. The molecule has 1 amide bonds. The van der Waals surface area contributed by atoms with Crippen LogP contribution in [0.4, 0.5) is 0 Å². The first-order valence-electron chi connectivity index (χ1n) is 7.45. The molecule has 0 atom stereocenters. The molecule has 1 aliphatic rings. The summed E-state index contributed by atoms with van der Waals surface area (Å²) in [6.07, 6.45) is 3.93. The smallest absolute Gasteiger partial charge is 0.251 e. The third-order valence-electron chi connectivity index (χ3n) is 3.83. The Hall–Kier alpha value is -3.03. The third-order valence-corrected chi connectivity index (χ3v) is 3.83. The van der Waals surface area contributed by atoms with Crippen LogP contribution in [0.1, 0.15) is 40.5 Å². The highest BCUT2D eigenvalue weighted by Gasteiger charge is 2.26. The first-order valence-corrected chi connectivity index (χ1v) is 7.45. The molecule has 0 spiro atoms. The molecule has 0 saturated heterocycles. The number of carbonyl (C=O) groups is 1. The van der Waals surface area contributed by atoms with E-state index in [2.05, 4.69) is 31.0 Å². The number of amides is 1. The predicted octanol–water partition coefficient (Wildman–Crippen LogP) is 1.19. The largest absolute Gasteiger partial charge is 0.346 e. The van der Waals surface area contributed by atoms with Gasteiger partial charge in [0.1, 0.15) is 6.33 Å². The number of rotatable bonds is 5. The van der Waals surface area contributed by atoms with Crippen LogP contribution in [0.15, 0.2) is 36.7 Å². The third kappa shape index (κ3) is 2.96. The highest BCUT2D eigenvalue weighted by Crippen LogP contribution is 2.38. The summed E-state index contributed by atoms with van der Waals surface area (Å²) in [6, 6.07) is 9.11. The lowest BCUT2D eigenvalue weighted by Gasteiger charge is -2.05. The minimum absolute atomic E-state index is 0.129. The van der Waals surface area contributed by atoms with Crippen molar-refractivity contribution in [1.82, 2.24) is 35.7 Å². The van der Waals surface area contributed by atoms with Gasteiger partial charge >= 0.3 is 0 Å². The van der Waals surface area contributed by atoms with Crippen LogP contribution in [0.3, 0.4) is 0 Å². The molecule has 1 saturated carbocycles. The van der Waals surface area contributed by atoms with Gasteiger partial charge in [0.15, 0.2) is 0 Å². The lowest BCUT2D eigenvalue weighted by molar-refractivity contribution is 0.0950. The molecule has 3 aromatic rings. The van der Waals surface area contributed by atoms with Crippen molar-refractivity contribution in [1.29, 1.82) is 0 Å². The molecule has 4 rings (SSSR count). The van der Waals surface area contributed by atoms with Crippen molar-refractivity contribution in [3.8, 4) is 5.69 Å². The molecule has 116 valence electrons. The second-order valence-electron chi connectivity index (χ2n) is 5.58. The summed E-state index contributed by atoms with van der Waals surface area (Å²) in [5, 5.41) is 21.1. The molecular weight excluding hydrogens is 294 g/mol. The first-order chi connectivity index (χ1) is 11.3. The minimum Gasteiger partial charge on any atom is -0.346 e. The average Bonchev–Trinajstić information content (AvgIpc) is 3.11. The zero-order valence-electron chi connectivity index (χ0n) is 12.3. The molecule has 0 bridgehead atoms. The van der Waals surface area contributed by atoms with Crippen molar-refractivity contribution in [2.75, 3.05) is 0 Å². The molecule has 0 aliphatic heterocycles. The SMILES string of the molecule is O=C(NCc1cc(C2CC2)n[nH]1)c1ccc(-n2cnnn2)cc1. The van der Waals surface area contributed by atoms with Crippen LogP contribution >= 0.6 is 0 Å². The van der Waals surface area contributed by atoms with Crippen LogP contribution in [0.2, 0.25) is 0 Å². The summed E-state index contributed by atoms with van der Waals surface area (Å²) in [5.74, 6) is 0.477. The van der Waals surface area contributed by atoms with E-state index < -0.39 is 0 Å². The number of hydrogen-bond donors (Lipinski definition) is 2. The number of tetrazole rings is 1. The molecule has 2 heterocycles. The zero-order valence-corrected chi connectivity index (χ0v) is 12.3. The molecular formula is C15H15N7O. The van der Waals surface area contributed by atoms with Crippen molar-refractivity contribution >= 4 is 5.91 Å². The number of aromatic amines is 1. The van der Waals surface area contributed by atoms with E-state index in [1.807, 2.05) is 6.07 Å². The van der Waals surface area contributed by atoms with Crippen LogP contribution in [-0.2, 0) is 6.54 Å². The van der Waals surface area contributed by atoms with Gasteiger partial charge in [-0.25, -0.2) is 4.68 Å². The molecule has 1 fully saturated rings. The van der Waals surface area contributed by atoms with E-state index in [9.17, 15) is 4.79 Å². The van der Waals surface area contributed by atoms with Crippen molar-refractivity contribution in [2.24, 2.45) is 0 Å². The number of nitrogens with zero attached hydrogens (tertiary/aromatic N) is 5. The molecule has 2 N–H and O–H groups in total. The van der Waals surface area contributed by atoms with Gasteiger partial charge in [-0.2, -0.15) is 5.10 Å². The van der Waals surface area contributed by atoms with Gasteiger partial charge in [0.25, 0.3) is 5.91 Å². The summed E-state index contributed by atoms with van der Waals surface area (Å²) < 4.78 is 1.53. The van der Waals surface area contributed by atoms with Gasteiger partial charge in [-0.15, -0.1) is 5.10 Å². The van der Waals surface area contributed by atoms with Gasteiger partial charge in [0.05, 0.1) is 23.6 Å². The quantitative estimate of drug-likeness (QED) is 0.737. The predicted molar refractivity (Wildman–Crippen MR) is 80.9 cm³/mol. The maximum absolute atomic E-state index is 12.2. The van der Waals surface area contributed by atoms with Gasteiger partial charge in [-0.3, -0.25) is 9.89 Å². The van der Waals surface area contributed by atoms with Gasteiger partial charge in [-0.1, -0.05) is 0 Å². The van der Waals surface area contributed by atoms with Gasteiger partial charge in [0.2, 0.25) is 0 Å². The van der Waals surface area contributed by atoms with E-state index in [1.165, 1.54) is 23.9 Å². The van der Waals surface area contributed by atoms with Gasteiger partial charge < -0.3 is 5.32 Å². The van der Waals surface area contributed by atoms with E-state index in [4.69, 9.17) is 0 Å². The van der Waals surface area contributed by atoms with Crippen LogP contribution in [-0.4, -0.2) is 36.3 Å². The maximum Gasteiger partial charge on any atom is 0.251 e. The summed E-state index contributed by atoms with van der Waals surface area (Å²) in [5.41, 5.74) is 3.41. The Labute approximate surface area is 131 Å². The summed E-state index contributed by atoms with van der Waals surface area (Å²) in [6.45, 7) is 0.438. The van der Waals surface area contributed by atoms with Crippen LogP contribution in [0.25, 0.3) is 5.69 Å². The zero-order chi connectivity index (χ0) is 15.6. The van der Waals surface area contributed by atoms with Crippen molar-refractivity contribution in [3.63, 3.8) is 0 Å². The number of aromatic nitrogens is 6. The van der Waals surface area contributed by atoms with Crippen molar-refractivity contribution in [2.45, 2.75) is 25.3 Å². The van der Waals surface area contributed by atoms with E-state index in [1.54, 1.807) is 24.3 Å². The van der Waals surface area contributed by atoms with E-state index in [-0.39, 0.29) is 5.91 Å². The van der Waals surface area contributed by atoms with E-state index in [0.717, 1.165) is 17.1 Å². The second-order valence-corrected chi connectivity index (χ2v) is 5.58. The highest BCUT2D eigenvalue weighted by molar-refractivity contribution is 5.94. The molecule has 0 unspecified atom stereocenters. The first kappa shape index (κ1) is 13.6. The fourth-order valence-electron chi connectivity index (χ4n) is 2.38. The standard InChI is InChI=1S/C15H15N7O/c23-15(16-8-12-7-14(19-18-12)10-1-2-10)11-3-5-13(6-4-11)22-9-17-20-21-22/h3-7,9-10H,1-2,8H2,(H,16,23)(H,18,19). The van der Waals surface area contributed by atoms with E-state index >= 15 is 0 Å². The Morgan fingerprint density at radius 1 is 1.30 bits per heavy atom. The number of benzene rings is 1. The van der Waals surface area contributed by atoms with E-state index in [0.29, 0.717) is 18.0 Å². The van der Waals surface area contributed by atoms with Gasteiger partial charge in [0, 0.05) is 11.5 Å². The average molecular weight is 309 g/mol. The molecule has 2 aromatic heterocycles. The van der Waals surface area contributed by atoms with Crippen LogP contribution in [0, 0.1) is 0 Å². The maximum atomic E-state index is 12.2. The highest BCUT2D eigenvalue weighted by atomic mass is 16.1. The molecule has 1 aliphatic carbocycles. The minimum atomic E-state index is -0.129. The van der Waals surface area contributed by atoms with Crippen molar-refractivity contribution in [3.05, 3.63) is 53.6 Å². The Morgan fingerprint density at radius 3 is 2.83 bits per heavy atom. The lowest BCUT2D eigenvalue weighted by Crippen LogP contribution is -2.22. The summed E-state index contributed by atoms with van der Waals surface area (Å²) in [7, 11) is 0.